The number of aliphatic hydroxyl groups excluding tert-OH is 1. The Balaban J connectivity index is 4.75. The van der Waals surface area contributed by atoms with E-state index in [0.29, 0.717) is 0 Å². The summed E-state index contributed by atoms with van der Waals surface area (Å²) in [7, 11) is 0. The second-order valence-corrected chi connectivity index (χ2v) is 7.01. The summed E-state index contributed by atoms with van der Waals surface area (Å²) in [5.41, 5.74) is 4.47. The van der Waals surface area contributed by atoms with Crippen molar-refractivity contribution in [2.24, 2.45) is 5.73 Å². The second-order valence-electron chi connectivity index (χ2n) is 7.01. The van der Waals surface area contributed by atoms with Crippen molar-refractivity contribution in [2.75, 3.05) is 13.2 Å². The van der Waals surface area contributed by atoms with E-state index in [4.69, 9.17) is 15.6 Å². The van der Waals surface area contributed by atoms with Crippen LogP contribution in [-0.2, 0) is 14.3 Å². The fraction of sp³-hybridized carbons (Fsp3) is 0.857. The molecule has 0 rings (SSSR count). The van der Waals surface area contributed by atoms with Gasteiger partial charge in [-0.05, 0) is 41.5 Å². The van der Waals surface area contributed by atoms with Crippen LogP contribution in [0.1, 0.15) is 41.5 Å². The Hall–Kier alpha value is -1.18. The maximum Gasteiger partial charge on any atom is 0.325 e. The van der Waals surface area contributed by atoms with Gasteiger partial charge >= 0.3 is 5.97 Å². The summed E-state index contributed by atoms with van der Waals surface area (Å²) in [6.07, 6.45) is 0. The van der Waals surface area contributed by atoms with Gasteiger partial charge in [0.1, 0.15) is 17.7 Å². The Morgan fingerprint density at radius 1 is 1.19 bits per heavy atom. The molecular weight excluding hydrogens is 274 g/mol. The largest absolute Gasteiger partial charge is 0.459 e. The van der Waals surface area contributed by atoms with E-state index in [9.17, 15) is 9.59 Å². The Kier molecular flexibility index (Phi) is 7.29. The first-order valence-electron chi connectivity index (χ1n) is 7.00. The van der Waals surface area contributed by atoms with Gasteiger partial charge < -0.3 is 20.9 Å². The van der Waals surface area contributed by atoms with E-state index in [-0.39, 0.29) is 12.1 Å². The number of hydrogen-bond donors (Lipinski definition) is 4. The summed E-state index contributed by atoms with van der Waals surface area (Å²) in [4.78, 5) is 23.7. The molecule has 0 saturated heterocycles. The standard InChI is InChI=1S/C14H29N3O4/c1-13(2,3)17-10(12(20)21-14(4,5)6)7-16-11(19)9(15)8-18/h9-10,17-18H,7-8,15H2,1-6H3,(H,16,19)/t9-,10-/m0/s1. The van der Waals surface area contributed by atoms with Gasteiger partial charge in [-0.15, -0.1) is 0 Å². The first-order chi connectivity index (χ1) is 9.35. The van der Waals surface area contributed by atoms with Crippen LogP contribution in [0, 0.1) is 0 Å². The molecule has 2 atom stereocenters. The maximum atomic E-state index is 12.2. The fourth-order valence-electron chi connectivity index (χ4n) is 1.51. The molecule has 5 N–H and O–H groups in total. The number of hydrogen-bond acceptors (Lipinski definition) is 6. The van der Waals surface area contributed by atoms with E-state index in [2.05, 4.69) is 10.6 Å². The fourth-order valence-corrected chi connectivity index (χ4v) is 1.51. The van der Waals surface area contributed by atoms with Gasteiger partial charge in [-0.1, -0.05) is 0 Å². The van der Waals surface area contributed by atoms with Gasteiger partial charge in [-0.2, -0.15) is 0 Å². The van der Waals surface area contributed by atoms with Crippen molar-refractivity contribution >= 4 is 11.9 Å². The molecule has 0 aromatic rings. The monoisotopic (exact) mass is 303 g/mol. The number of esters is 1. The predicted octanol–water partition coefficient (Wildman–Crippen LogP) is -0.479. The van der Waals surface area contributed by atoms with Crippen LogP contribution < -0.4 is 16.4 Å². The van der Waals surface area contributed by atoms with Crippen LogP contribution in [0.4, 0.5) is 0 Å². The lowest BCUT2D eigenvalue weighted by Gasteiger charge is -2.30. The third-order valence-electron chi connectivity index (χ3n) is 2.31. The average molecular weight is 303 g/mol. The smallest absolute Gasteiger partial charge is 0.325 e. The van der Waals surface area contributed by atoms with Crippen LogP contribution >= 0.6 is 0 Å². The zero-order valence-electron chi connectivity index (χ0n) is 13.8. The average Bonchev–Trinajstić information content (AvgIpc) is 2.29. The molecule has 124 valence electrons. The molecule has 0 saturated carbocycles. The summed E-state index contributed by atoms with van der Waals surface area (Å²) in [5.74, 6) is -0.961. The van der Waals surface area contributed by atoms with Crippen LogP contribution in [0.15, 0.2) is 0 Å². The van der Waals surface area contributed by atoms with Crippen molar-refractivity contribution < 1.29 is 19.4 Å². The van der Waals surface area contributed by atoms with E-state index in [1.165, 1.54) is 0 Å². The molecular formula is C14H29N3O4. The van der Waals surface area contributed by atoms with Gasteiger partial charge in [-0.25, -0.2) is 0 Å². The number of carbonyl (C=O) groups is 2. The maximum absolute atomic E-state index is 12.2. The SMILES string of the molecule is CC(C)(C)N[C@@H](CNC(=O)[C@@H](N)CO)C(=O)OC(C)(C)C. The molecule has 0 aliphatic rings. The second kappa shape index (κ2) is 7.72. The van der Waals surface area contributed by atoms with E-state index >= 15 is 0 Å². The topological polar surface area (TPSA) is 114 Å². The zero-order valence-corrected chi connectivity index (χ0v) is 13.8. The molecule has 0 fully saturated rings. The molecule has 0 aromatic heterocycles. The quantitative estimate of drug-likeness (QED) is 0.493. The molecule has 0 radical (unpaired) electrons. The lowest BCUT2D eigenvalue weighted by Crippen LogP contribution is -2.56. The Morgan fingerprint density at radius 3 is 2.10 bits per heavy atom. The lowest BCUT2D eigenvalue weighted by atomic mass is 10.1. The van der Waals surface area contributed by atoms with Crippen LogP contribution in [0.5, 0.6) is 0 Å². The number of ether oxygens (including phenoxy) is 1. The van der Waals surface area contributed by atoms with E-state index in [1.807, 2.05) is 20.8 Å². The van der Waals surface area contributed by atoms with Crippen molar-refractivity contribution in [3.8, 4) is 0 Å². The van der Waals surface area contributed by atoms with Gasteiger partial charge in [0, 0.05) is 12.1 Å². The highest BCUT2D eigenvalue weighted by Gasteiger charge is 2.29. The Labute approximate surface area is 126 Å². The van der Waals surface area contributed by atoms with E-state index < -0.39 is 36.2 Å². The van der Waals surface area contributed by atoms with Crippen LogP contribution in [-0.4, -0.2) is 53.4 Å². The molecule has 0 aromatic carbocycles. The van der Waals surface area contributed by atoms with Gasteiger partial charge in [0.15, 0.2) is 0 Å². The summed E-state index contributed by atoms with van der Waals surface area (Å²) >= 11 is 0. The van der Waals surface area contributed by atoms with Crippen LogP contribution in [0.2, 0.25) is 0 Å². The van der Waals surface area contributed by atoms with Crippen molar-refractivity contribution in [2.45, 2.75) is 64.8 Å². The Morgan fingerprint density at radius 2 is 1.71 bits per heavy atom. The van der Waals surface area contributed by atoms with Crippen molar-refractivity contribution in [3.05, 3.63) is 0 Å². The lowest BCUT2D eigenvalue weighted by molar-refractivity contribution is -0.157. The third-order valence-corrected chi connectivity index (χ3v) is 2.31. The minimum Gasteiger partial charge on any atom is -0.459 e. The first-order valence-corrected chi connectivity index (χ1v) is 7.00. The number of rotatable bonds is 6. The minimum atomic E-state index is -1.00. The zero-order chi connectivity index (χ0) is 16.8. The molecule has 21 heavy (non-hydrogen) atoms. The number of nitrogens with two attached hydrogens (primary N) is 1. The summed E-state index contributed by atoms with van der Waals surface area (Å²) in [6.45, 7) is 10.6. The molecule has 0 heterocycles. The number of carbonyl (C=O) groups excluding carboxylic acids is 2. The highest BCUT2D eigenvalue weighted by atomic mass is 16.6. The van der Waals surface area contributed by atoms with Crippen molar-refractivity contribution in [3.63, 3.8) is 0 Å². The summed E-state index contributed by atoms with van der Waals surface area (Å²) < 4.78 is 5.33. The third kappa shape index (κ3) is 9.38. The minimum absolute atomic E-state index is 0.0404. The molecule has 0 aliphatic carbocycles. The van der Waals surface area contributed by atoms with Crippen LogP contribution in [0.3, 0.4) is 0 Å². The summed E-state index contributed by atoms with van der Waals surface area (Å²) in [6, 6.07) is -1.70. The number of nitrogens with one attached hydrogen (secondary N) is 2. The molecule has 0 unspecified atom stereocenters. The first kappa shape index (κ1) is 19.8. The summed E-state index contributed by atoms with van der Waals surface area (Å²) in [5, 5.41) is 14.5. The molecule has 0 spiro atoms. The predicted molar refractivity (Wildman–Crippen MR) is 80.6 cm³/mol. The highest BCUT2D eigenvalue weighted by Crippen LogP contribution is 2.10. The molecule has 7 nitrogen and oxygen atoms in total. The number of aliphatic hydroxyl groups is 1. The van der Waals surface area contributed by atoms with Crippen molar-refractivity contribution in [1.82, 2.24) is 10.6 Å². The highest BCUT2D eigenvalue weighted by molar-refractivity contribution is 5.83. The molecule has 7 heteroatoms. The van der Waals surface area contributed by atoms with E-state index in [0.717, 1.165) is 0 Å². The number of amides is 1. The van der Waals surface area contributed by atoms with Gasteiger partial charge in [0.2, 0.25) is 5.91 Å². The van der Waals surface area contributed by atoms with E-state index in [1.54, 1.807) is 20.8 Å². The van der Waals surface area contributed by atoms with Gasteiger partial charge in [0.05, 0.1) is 6.61 Å². The van der Waals surface area contributed by atoms with Crippen molar-refractivity contribution in [1.29, 1.82) is 0 Å². The Bertz CT molecular complexity index is 358. The van der Waals surface area contributed by atoms with Crippen LogP contribution in [0.25, 0.3) is 0 Å². The van der Waals surface area contributed by atoms with Gasteiger partial charge in [0.25, 0.3) is 0 Å². The molecule has 1 amide bonds. The molecule has 0 bridgehead atoms. The molecule has 0 aliphatic heterocycles. The van der Waals surface area contributed by atoms with Gasteiger partial charge in [-0.3, -0.25) is 14.9 Å². The normalized spacial score (nSPS) is 15.2.